The van der Waals surface area contributed by atoms with Crippen LogP contribution in [0.25, 0.3) is 11.0 Å². The summed E-state index contributed by atoms with van der Waals surface area (Å²) in [7, 11) is 4.63. The Bertz CT molecular complexity index is 957. The molecule has 0 saturated heterocycles. The van der Waals surface area contributed by atoms with E-state index in [0.29, 0.717) is 27.9 Å². The van der Waals surface area contributed by atoms with Crippen molar-refractivity contribution in [2.75, 3.05) is 21.3 Å². The second-order valence-corrected chi connectivity index (χ2v) is 6.38. The van der Waals surface area contributed by atoms with Crippen LogP contribution in [0, 0.1) is 0 Å². The Balaban J connectivity index is 1.85. The van der Waals surface area contributed by atoms with E-state index in [0.717, 1.165) is 10.9 Å². The number of methoxy groups -OCH3 is 3. The molecule has 0 bridgehead atoms. The van der Waals surface area contributed by atoms with E-state index in [2.05, 4.69) is 5.32 Å². The van der Waals surface area contributed by atoms with E-state index < -0.39 is 0 Å². The van der Waals surface area contributed by atoms with E-state index in [-0.39, 0.29) is 17.7 Å². The van der Waals surface area contributed by atoms with Crippen LogP contribution < -0.4 is 19.5 Å². The SMILES string of the molecule is COc1cc(C(C)NC(=O)c2cc3cc(Cl)ccc3o2)cc(OC)c1OC. The lowest BCUT2D eigenvalue weighted by atomic mass is 10.1. The molecule has 0 aliphatic rings. The summed E-state index contributed by atoms with van der Waals surface area (Å²) in [6.45, 7) is 1.86. The minimum Gasteiger partial charge on any atom is -0.493 e. The molecule has 2 aromatic carbocycles. The van der Waals surface area contributed by atoms with Crippen molar-refractivity contribution in [2.45, 2.75) is 13.0 Å². The summed E-state index contributed by atoms with van der Waals surface area (Å²) in [6, 6.07) is 10.1. The molecule has 0 spiro atoms. The maximum atomic E-state index is 12.6. The predicted octanol–water partition coefficient (Wildman–Crippen LogP) is 4.60. The standard InChI is InChI=1S/C20H20ClNO5/c1-11(12-8-16(24-2)19(26-4)17(9-12)25-3)22-20(23)18-10-13-7-14(21)5-6-15(13)27-18/h5-11H,1-4H3,(H,22,23). The van der Waals surface area contributed by atoms with Crippen molar-refractivity contribution in [2.24, 2.45) is 0 Å². The summed E-state index contributed by atoms with van der Waals surface area (Å²) >= 11 is 5.98. The average Bonchev–Trinajstić information content (AvgIpc) is 3.09. The lowest BCUT2D eigenvalue weighted by Crippen LogP contribution is -2.26. The molecule has 0 saturated carbocycles. The number of nitrogens with one attached hydrogen (secondary N) is 1. The fourth-order valence-corrected chi connectivity index (χ4v) is 3.01. The van der Waals surface area contributed by atoms with Crippen LogP contribution in [-0.4, -0.2) is 27.2 Å². The van der Waals surface area contributed by atoms with Crippen molar-refractivity contribution in [3.8, 4) is 17.2 Å². The van der Waals surface area contributed by atoms with E-state index in [4.69, 9.17) is 30.2 Å². The molecule has 0 fully saturated rings. The first-order chi connectivity index (χ1) is 13.0. The summed E-state index contributed by atoms with van der Waals surface area (Å²) in [5.74, 6) is 1.42. The van der Waals surface area contributed by atoms with Gasteiger partial charge >= 0.3 is 0 Å². The van der Waals surface area contributed by atoms with Crippen LogP contribution in [0.4, 0.5) is 0 Å². The van der Waals surface area contributed by atoms with E-state index >= 15 is 0 Å². The number of amides is 1. The fourth-order valence-electron chi connectivity index (χ4n) is 2.83. The van der Waals surface area contributed by atoms with Crippen molar-refractivity contribution in [3.05, 3.63) is 52.7 Å². The monoisotopic (exact) mass is 389 g/mol. The number of halogens is 1. The van der Waals surface area contributed by atoms with Gasteiger partial charge in [-0.15, -0.1) is 0 Å². The topological polar surface area (TPSA) is 69.9 Å². The van der Waals surface area contributed by atoms with Crippen LogP contribution in [0.1, 0.15) is 29.1 Å². The molecule has 1 amide bonds. The fraction of sp³-hybridized carbons (Fsp3) is 0.250. The molecule has 142 valence electrons. The van der Waals surface area contributed by atoms with Crippen LogP contribution in [0.2, 0.25) is 5.02 Å². The van der Waals surface area contributed by atoms with Crippen LogP contribution in [0.15, 0.2) is 40.8 Å². The minimum absolute atomic E-state index is 0.214. The summed E-state index contributed by atoms with van der Waals surface area (Å²) in [5.41, 5.74) is 1.40. The first-order valence-electron chi connectivity index (χ1n) is 8.26. The molecule has 0 radical (unpaired) electrons. The summed E-state index contributed by atoms with van der Waals surface area (Å²) in [5, 5.41) is 4.27. The lowest BCUT2D eigenvalue weighted by molar-refractivity contribution is 0.0914. The van der Waals surface area contributed by atoms with Gasteiger partial charge in [-0.2, -0.15) is 0 Å². The molecular formula is C20H20ClNO5. The molecule has 1 N–H and O–H groups in total. The number of ether oxygens (including phenoxy) is 3. The van der Waals surface area contributed by atoms with E-state index in [1.807, 2.05) is 6.92 Å². The Labute approximate surface area is 162 Å². The molecule has 3 aromatic rings. The van der Waals surface area contributed by atoms with Gasteiger partial charge in [0.2, 0.25) is 5.75 Å². The van der Waals surface area contributed by atoms with Gasteiger partial charge in [0.15, 0.2) is 17.3 Å². The Hall–Kier alpha value is -2.86. The molecule has 1 heterocycles. The lowest BCUT2D eigenvalue weighted by Gasteiger charge is -2.18. The highest BCUT2D eigenvalue weighted by atomic mass is 35.5. The molecule has 0 aliphatic heterocycles. The van der Waals surface area contributed by atoms with E-state index in [9.17, 15) is 4.79 Å². The first-order valence-corrected chi connectivity index (χ1v) is 8.64. The number of carbonyl (C=O) groups is 1. The quantitative estimate of drug-likeness (QED) is 0.667. The number of hydrogen-bond acceptors (Lipinski definition) is 5. The zero-order chi connectivity index (χ0) is 19.6. The van der Waals surface area contributed by atoms with Crippen molar-refractivity contribution in [1.29, 1.82) is 0 Å². The average molecular weight is 390 g/mol. The van der Waals surface area contributed by atoms with Gasteiger partial charge in [-0.05, 0) is 48.9 Å². The van der Waals surface area contributed by atoms with Crippen LogP contribution in [-0.2, 0) is 0 Å². The number of carbonyl (C=O) groups excluding carboxylic acids is 1. The Morgan fingerprint density at radius 1 is 1.04 bits per heavy atom. The first kappa shape index (κ1) is 18.9. The smallest absolute Gasteiger partial charge is 0.287 e. The highest BCUT2D eigenvalue weighted by Crippen LogP contribution is 2.39. The maximum absolute atomic E-state index is 12.6. The second-order valence-electron chi connectivity index (χ2n) is 5.95. The highest BCUT2D eigenvalue weighted by Gasteiger charge is 2.20. The zero-order valence-corrected chi connectivity index (χ0v) is 16.2. The third-order valence-electron chi connectivity index (χ3n) is 4.24. The van der Waals surface area contributed by atoms with Gasteiger partial charge in [0.05, 0.1) is 27.4 Å². The summed E-state index contributed by atoms with van der Waals surface area (Å²) < 4.78 is 21.7. The predicted molar refractivity (Wildman–Crippen MR) is 103 cm³/mol. The summed E-state index contributed by atoms with van der Waals surface area (Å²) in [6.07, 6.45) is 0. The van der Waals surface area contributed by atoms with Crippen LogP contribution in [0.5, 0.6) is 17.2 Å². The molecule has 27 heavy (non-hydrogen) atoms. The molecule has 1 atom stereocenters. The number of hydrogen-bond donors (Lipinski definition) is 1. The number of rotatable bonds is 6. The molecule has 3 rings (SSSR count). The van der Waals surface area contributed by atoms with Gasteiger partial charge in [0.1, 0.15) is 5.58 Å². The van der Waals surface area contributed by atoms with E-state index in [1.54, 1.807) is 57.7 Å². The van der Waals surface area contributed by atoms with Gasteiger partial charge in [0.25, 0.3) is 5.91 Å². The maximum Gasteiger partial charge on any atom is 0.287 e. The van der Waals surface area contributed by atoms with Gasteiger partial charge < -0.3 is 23.9 Å². The van der Waals surface area contributed by atoms with Crippen LogP contribution in [0.3, 0.4) is 0 Å². The van der Waals surface area contributed by atoms with Crippen LogP contribution >= 0.6 is 11.6 Å². The van der Waals surface area contributed by atoms with E-state index in [1.165, 1.54) is 0 Å². The minimum atomic E-state index is -0.330. The van der Waals surface area contributed by atoms with Gasteiger partial charge in [0, 0.05) is 10.4 Å². The highest BCUT2D eigenvalue weighted by molar-refractivity contribution is 6.31. The molecule has 0 aliphatic carbocycles. The number of fused-ring (bicyclic) bond motifs is 1. The van der Waals surface area contributed by atoms with Crippen molar-refractivity contribution in [1.82, 2.24) is 5.32 Å². The zero-order valence-electron chi connectivity index (χ0n) is 15.5. The Morgan fingerprint density at radius 2 is 1.70 bits per heavy atom. The van der Waals surface area contributed by atoms with Gasteiger partial charge in [-0.1, -0.05) is 11.6 Å². The molecule has 7 heteroatoms. The third kappa shape index (κ3) is 3.80. The van der Waals surface area contributed by atoms with Crippen molar-refractivity contribution >= 4 is 28.5 Å². The second kappa shape index (κ2) is 7.80. The largest absolute Gasteiger partial charge is 0.493 e. The van der Waals surface area contributed by atoms with Crippen molar-refractivity contribution in [3.63, 3.8) is 0 Å². The third-order valence-corrected chi connectivity index (χ3v) is 4.47. The van der Waals surface area contributed by atoms with Gasteiger partial charge in [-0.25, -0.2) is 0 Å². The van der Waals surface area contributed by atoms with Crippen molar-refractivity contribution < 1.29 is 23.4 Å². The number of furan rings is 1. The molecule has 1 unspecified atom stereocenters. The molecular weight excluding hydrogens is 370 g/mol. The number of benzene rings is 2. The Kier molecular flexibility index (Phi) is 5.46. The summed E-state index contributed by atoms with van der Waals surface area (Å²) in [4.78, 5) is 12.6. The Morgan fingerprint density at radius 3 is 2.30 bits per heavy atom. The molecule has 6 nitrogen and oxygen atoms in total. The normalized spacial score (nSPS) is 11.9. The molecule has 1 aromatic heterocycles. The van der Waals surface area contributed by atoms with Gasteiger partial charge in [-0.3, -0.25) is 4.79 Å².